The number of aliphatic hydroxyl groups is 1. The van der Waals surface area contributed by atoms with Gasteiger partial charge >= 0.3 is 5.97 Å². The maximum Gasteiger partial charge on any atom is 0.303 e. The van der Waals surface area contributed by atoms with Gasteiger partial charge in [0, 0.05) is 19.1 Å². The van der Waals surface area contributed by atoms with Crippen molar-refractivity contribution >= 4 is 11.7 Å². The number of hydrogen-bond acceptors (Lipinski definition) is 6. The first-order chi connectivity index (χ1) is 8.45. The van der Waals surface area contributed by atoms with Gasteiger partial charge < -0.3 is 15.6 Å². The van der Waals surface area contributed by atoms with Crippen molar-refractivity contribution in [2.24, 2.45) is 5.73 Å². The molecule has 7 heteroatoms. The van der Waals surface area contributed by atoms with Crippen LogP contribution in [-0.4, -0.2) is 28.6 Å². The molecule has 3 N–H and O–H groups in total. The molecule has 0 saturated heterocycles. The van der Waals surface area contributed by atoms with E-state index in [9.17, 15) is 14.9 Å². The molecule has 1 rings (SSSR count). The van der Waals surface area contributed by atoms with Gasteiger partial charge in [0.1, 0.15) is 6.10 Å². The van der Waals surface area contributed by atoms with E-state index in [2.05, 4.69) is 0 Å². The molecule has 0 aliphatic heterocycles. The molecule has 0 aliphatic carbocycles. The molecule has 7 nitrogen and oxygen atoms in total. The highest BCUT2D eigenvalue weighted by atomic mass is 16.6. The van der Waals surface area contributed by atoms with Gasteiger partial charge in [0.05, 0.1) is 17.6 Å². The molecule has 18 heavy (non-hydrogen) atoms. The minimum absolute atomic E-state index is 0.0714. The second kappa shape index (κ2) is 6.08. The van der Waals surface area contributed by atoms with E-state index in [0.717, 1.165) is 0 Å². The van der Waals surface area contributed by atoms with Crippen molar-refractivity contribution in [1.29, 1.82) is 0 Å². The van der Waals surface area contributed by atoms with Crippen LogP contribution in [0.15, 0.2) is 24.3 Å². The number of rotatable bonds is 5. The topological polar surface area (TPSA) is 116 Å². The average molecular weight is 254 g/mol. The van der Waals surface area contributed by atoms with E-state index in [1.165, 1.54) is 31.2 Å². The summed E-state index contributed by atoms with van der Waals surface area (Å²) in [6, 6.07) is 4.68. The second-order valence-corrected chi connectivity index (χ2v) is 3.73. The molecule has 0 fully saturated rings. The van der Waals surface area contributed by atoms with E-state index in [1.54, 1.807) is 0 Å². The molecule has 1 aromatic rings. The van der Waals surface area contributed by atoms with Gasteiger partial charge in [-0.25, -0.2) is 0 Å². The summed E-state index contributed by atoms with van der Waals surface area (Å²) in [6.45, 7) is 0.859. The van der Waals surface area contributed by atoms with Crippen LogP contribution in [0.3, 0.4) is 0 Å². The van der Waals surface area contributed by atoms with Gasteiger partial charge in [-0.05, 0) is 17.7 Å². The number of esters is 1. The Kier molecular flexibility index (Phi) is 4.75. The van der Waals surface area contributed by atoms with Gasteiger partial charge in [-0.2, -0.15) is 0 Å². The Morgan fingerprint density at radius 2 is 2.06 bits per heavy atom. The number of carbonyl (C=O) groups is 1. The van der Waals surface area contributed by atoms with Crippen LogP contribution in [0.1, 0.15) is 18.6 Å². The summed E-state index contributed by atoms with van der Waals surface area (Å²) in [4.78, 5) is 20.9. The molecule has 98 valence electrons. The number of non-ortho nitro benzene ring substituents is 1. The Morgan fingerprint density at radius 1 is 1.50 bits per heavy atom. The molecule has 0 spiro atoms. The molecule has 0 heterocycles. The second-order valence-electron chi connectivity index (χ2n) is 3.73. The average Bonchev–Trinajstić information content (AvgIpc) is 2.35. The van der Waals surface area contributed by atoms with Crippen LogP contribution in [0.25, 0.3) is 0 Å². The first kappa shape index (κ1) is 14.1. The number of ether oxygens (including phenoxy) is 1. The van der Waals surface area contributed by atoms with Gasteiger partial charge in [-0.3, -0.25) is 14.9 Å². The van der Waals surface area contributed by atoms with Gasteiger partial charge in [0.25, 0.3) is 5.69 Å². The number of nitro benzene ring substituents is 1. The summed E-state index contributed by atoms with van der Waals surface area (Å²) < 4.78 is 5.00. The summed E-state index contributed by atoms with van der Waals surface area (Å²) in [5, 5.41) is 19.5. The quantitative estimate of drug-likeness (QED) is 0.449. The zero-order valence-corrected chi connectivity index (χ0v) is 9.78. The minimum atomic E-state index is -0.826. The Balaban J connectivity index is 2.97. The molecule has 0 radical (unpaired) electrons. The van der Waals surface area contributed by atoms with E-state index in [1.807, 2.05) is 0 Å². The molecule has 2 unspecified atom stereocenters. The predicted octanol–water partition coefficient (Wildman–Crippen LogP) is 0.519. The lowest BCUT2D eigenvalue weighted by atomic mass is 10.0. The monoisotopic (exact) mass is 254 g/mol. The van der Waals surface area contributed by atoms with Crippen molar-refractivity contribution in [3.63, 3.8) is 0 Å². The normalized spacial score (nSPS) is 13.7. The Morgan fingerprint density at radius 3 is 2.44 bits per heavy atom. The van der Waals surface area contributed by atoms with Crippen molar-refractivity contribution in [2.75, 3.05) is 6.61 Å². The number of hydrogen-bond donors (Lipinski definition) is 2. The molecular weight excluding hydrogens is 240 g/mol. The number of carbonyl (C=O) groups excluding carboxylic acids is 1. The van der Waals surface area contributed by atoms with E-state index >= 15 is 0 Å². The van der Waals surface area contributed by atoms with Gasteiger partial charge in [0.2, 0.25) is 0 Å². The Bertz CT molecular complexity index is 432. The predicted molar refractivity (Wildman–Crippen MR) is 62.7 cm³/mol. The molecule has 1 aromatic carbocycles. The van der Waals surface area contributed by atoms with E-state index in [0.29, 0.717) is 5.56 Å². The first-order valence-corrected chi connectivity index (χ1v) is 5.23. The van der Waals surface area contributed by atoms with Crippen LogP contribution in [-0.2, 0) is 9.53 Å². The highest BCUT2D eigenvalue weighted by Gasteiger charge is 2.22. The highest BCUT2D eigenvalue weighted by Crippen LogP contribution is 2.23. The largest absolute Gasteiger partial charge is 0.456 e. The maximum atomic E-state index is 11.0. The number of nitro groups is 1. The summed E-state index contributed by atoms with van der Waals surface area (Å²) in [6.07, 6.45) is -0.826. The standard InChI is InChI=1S/C11H14N2O5/c1-7(15)18-11(10(12)6-14)8-2-4-9(5-3-8)13(16)17/h2-5,10-11,14H,6,12H2,1H3. The van der Waals surface area contributed by atoms with Gasteiger partial charge in [0.15, 0.2) is 0 Å². The fourth-order valence-corrected chi connectivity index (χ4v) is 1.46. The Hall–Kier alpha value is -1.99. The summed E-state index contributed by atoms with van der Waals surface area (Å²) in [5.41, 5.74) is 6.06. The summed E-state index contributed by atoms with van der Waals surface area (Å²) >= 11 is 0. The summed E-state index contributed by atoms with van der Waals surface area (Å²) in [7, 11) is 0. The fourth-order valence-electron chi connectivity index (χ4n) is 1.46. The third kappa shape index (κ3) is 3.51. The smallest absolute Gasteiger partial charge is 0.303 e. The van der Waals surface area contributed by atoms with Crippen molar-refractivity contribution in [2.45, 2.75) is 19.1 Å². The number of nitrogens with zero attached hydrogens (tertiary/aromatic N) is 1. The third-order valence-corrected chi connectivity index (χ3v) is 2.33. The van der Waals surface area contributed by atoms with Gasteiger partial charge in [-0.15, -0.1) is 0 Å². The highest BCUT2D eigenvalue weighted by molar-refractivity contribution is 5.66. The molecule has 0 saturated carbocycles. The van der Waals surface area contributed by atoms with Crippen molar-refractivity contribution in [3.05, 3.63) is 39.9 Å². The maximum absolute atomic E-state index is 11.0. The minimum Gasteiger partial charge on any atom is -0.456 e. The summed E-state index contributed by atoms with van der Waals surface area (Å²) in [5.74, 6) is -0.540. The van der Waals surface area contributed by atoms with E-state index < -0.39 is 23.0 Å². The molecule has 0 aromatic heterocycles. The zero-order chi connectivity index (χ0) is 13.7. The lowest BCUT2D eigenvalue weighted by Gasteiger charge is -2.22. The van der Waals surface area contributed by atoms with Crippen LogP contribution >= 0.6 is 0 Å². The lowest BCUT2D eigenvalue weighted by molar-refractivity contribution is -0.384. The molecule has 0 bridgehead atoms. The van der Waals surface area contributed by atoms with E-state index in [4.69, 9.17) is 15.6 Å². The SMILES string of the molecule is CC(=O)OC(c1ccc([N+](=O)[O-])cc1)C(N)CO. The van der Waals surface area contributed by atoms with Gasteiger partial charge in [-0.1, -0.05) is 0 Å². The number of benzene rings is 1. The first-order valence-electron chi connectivity index (χ1n) is 5.23. The van der Waals surface area contributed by atoms with E-state index in [-0.39, 0.29) is 12.3 Å². The van der Waals surface area contributed by atoms with Crippen LogP contribution in [0.5, 0.6) is 0 Å². The van der Waals surface area contributed by atoms with Crippen LogP contribution < -0.4 is 5.73 Å². The molecule has 0 aliphatic rings. The molecule has 2 atom stereocenters. The Labute approximate surface area is 103 Å². The van der Waals surface area contributed by atoms with Crippen LogP contribution in [0.4, 0.5) is 5.69 Å². The molecular formula is C11H14N2O5. The zero-order valence-electron chi connectivity index (χ0n) is 9.78. The van der Waals surface area contributed by atoms with Crippen molar-refractivity contribution in [1.82, 2.24) is 0 Å². The fraction of sp³-hybridized carbons (Fsp3) is 0.364. The number of nitrogens with two attached hydrogens (primary N) is 1. The van der Waals surface area contributed by atoms with Crippen LogP contribution in [0, 0.1) is 10.1 Å². The van der Waals surface area contributed by atoms with Crippen molar-refractivity contribution in [3.8, 4) is 0 Å². The lowest BCUT2D eigenvalue weighted by Crippen LogP contribution is -2.34. The molecule has 0 amide bonds. The van der Waals surface area contributed by atoms with Crippen LogP contribution in [0.2, 0.25) is 0 Å². The van der Waals surface area contributed by atoms with Crippen molar-refractivity contribution < 1.29 is 19.6 Å². The third-order valence-electron chi connectivity index (χ3n) is 2.33. The number of aliphatic hydroxyl groups excluding tert-OH is 1.